The van der Waals surface area contributed by atoms with E-state index in [-0.39, 0.29) is 37.8 Å². The maximum Gasteiger partial charge on any atom is 0.258 e. The van der Waals surface area contributed by atoms with Crippen molar-refractivity contribution in [1.29, 1.82) is 0 Å². The Balaban J connectivity index is 1.50. The maximum atomic E-state index is 14.4. The highest BCUT2D eigenvalue weighted by molar-refractivity contribution is 7.13. The molecule has 2 heterocycles. The van der Waals surface area contributed by atoms with E-state index >= 15 is 0 Å². The topological polar surface area (TPSA) is 112 Å². The lowest BCUT2D eigenvalue weighted by molar-refractivity contribution is -0.145. The summed E-state index contributed by atoms with van der Waals surface area (Å²) in [6.07, 6.45) is 1.04. The third-order valence-electron chi connectivity index (χ3n) is 7.56. The molecule has 1 saturated carbocycles. The molecule has 1 aromatic carbocycles. The number of carbonyl (C=O) groups is 3. The number of hydrogen-bond donors (Lipinski definition) is 3. The number of halogens is 1. The predicted molar refractivity (Wildman–Crippen MR) is 149 cm³/mol. The summed E-state index contributed by atoms with van der Waals surface area (Å²) in [4.78, 5) is 46.5. The summed E-state index contributed by atoms with van der Waals surface area (Å²) in [5, 5.41) is 16.1. The SMILES string of the molecule is CCC[C@H](NC(=O)[C@@H]1C[C@@H](O)CN1C(=O)[C@@H](NC(=O)C1(F)CC1)C(C)(C)C)c1ccc(-c2scnc2C)cc1. The number of nitrogens with one attached hydrogen (secondary N) is 2. The monoisotopic (exact) mass is 558 g/mol. The van der Waals surface area contributed by atoms with Crippen LogP contribution in [0.25, 0.3) is 10.4 Å². The van der Waals surface area contributed by atoms with Crippen LogP contribution in [0, 0.1) is 12.3 Å². The number of rotatable bonds is 9. The summed E-state index contributed by atoms with van der Waals surface area (Å²) in [7, 11) is 0. The van der Waals surface area contributed by atoms with Gasteiger partial charge in [-0.3, -0.25) is 14.4 Å². The lowest BCUT2D eigenvalue weighted by Gasteiger charge is -2.36. The number of aliphatic hydroxyl groups is 1. The van der Waals surface area contributed by atoms with E-state index in [0.29, 0.717) is 6.42 Å². The van der Waals surface area contributed by atoms with Crippen LogP contribution in [-0.2, 0) is 14.4 Å². The molecule has 212 valence electrons. The number of aliphatic hydroxyl groups excluding tert-OH is 1. The number of carbonyl (C=O) groups excluding carboxylic acids is 3. The first-order valence-electron chi connectivity index (χ1n) is 13.6. The lowest BCUT2D eigenvalue weighted by atomic mass is 9.85. The highest BCUT2D eigenvalue weighted by Gasteiger charge is 2.53. The molecule has 39 heavy (non-hydrogen) atoms. The van der Waals surface area contributed by atoms with Crippen LogP contribution in [0.5, 0.6) is 0 Å². The summed E-state index contributed by atoms with van der Waals surface area (Å²) in [5.74, 6) is -1.64. The second-order valence-corrected chi connectivity index (χ2v) is 12.7. The Morgan fingerprint density at radius 3 is 2.41 bits per heavy atom. The molecule has 0 spiro atoms. The second kappa shape index (κ2) is 11.3. The molecule has 1 aliphatic heterocycles. The maximum absolute atomic E-state index is 14.4. The Morgan fingerprint density at radius 1 is 1.21 bits per heavy atom. The molecular weight excluding hydrogens is 519 g/mol. The van der Waals surface area contributed by atoms with Gasteiger partial charge < -0.3 is 20.6 Å². The summed E-state index contributed by atoms with van der Waals surface area (Å²) < 4.78 is 14.4. The van der Waals surface area contributed by atoms with Gasteiger partial charge in [-0.05, 0) is 42.7 Å². The van der Waals surface area contributed by atoms with Crippen molar-refractivity contribution in [1.82, 2.24) is 20.5 Å². The predicted octanol–water partition coefficient (Wildman–Crippen LogP) is 4.07. The van der Waals surface area contributed by atoms with Gasteiger partial charge in [0.25, 0.3) is 5.91 Å². The lowest BCUT2D eigenvalue weighted by Crippen LogP contribution is -2.59. The number of thiazole rings is 1. The van der Waals surface area contributed by atoms with Gasteiger partial charge in [-0.25, -0.2) is 9.37 Å². The fourth-order valence-corrected chi connectivity index (χ4v) is 5.85. The quantitative estimate of drug-likeness (QED) is 0.430. The number of aromatic nitrogens is 1. The zero-order valence-corrected chi connectivity index (χ0v) is 24.1. The molecule has 1 aromatic heterocycles. The molecule has 10 heteroatoms. The summed E-state index contributed by atoms with van der Waals surface area (Å²) in [6, 6.07) is 5.84. The van der Waals surface area contributed by atoms with Crippen molar-refractivity contribution in [3.8, 4) is 10.4 Å². The molecule has 2 fully saturated rings. The Kier molecular flexibility index (Phi) is 8.47. The van der Waals surface area contributed by atoms with Gasteiger partial charge in [0, 0.05) is 13.0 Å². The molecule has 0 unspecified atom stereocenters. The van der Waals surface area contributed by atoms with E-state index in [0.717, 1.165) is 28.1 Å². The van der Waals surface area contributed by atoms with Crippen LogP contribution in [0.4, 0.5) is 4.39 Å². The Labute approximate surface area is 233 Å². The molecule has 3 N–H and O–H groups in total. The van der Waals surface area contributed by atoms with Gasteiger partial charge in [0.15, 0.2) is 5.67 Å². The van der Waals surface area contributed by atoms with Crippen molar-refractivity contribution >= 4 is 29.1 Å². The van der Waals surface area contributed by atoms with Gasteiger partial charge in [0.2, 0.25) is 11.8 Å². The molecule has 4 rings (SSSR count). The third-order valence-corrected chi connectivity index (χ3v) is 8.54. The van der Waals surface area contributed by atoms with Crippen molar-refractivity contribution in [2.75, 3.05) is 6.54 Å². The third kappa shape index (κ3) is 6.49. The largest absolute Gasteiger partial charge is 0.391 e. The Morgan fingerprint density at radius 2 is 1.87 bits per heavy atom. The van der Waals surface area contributed by atoms with E-state index in [2.05, 4.69) is 15.6 Å². The molecular formula is C29H39FN4O4S. The Bertz CT molecular complexity index is 1200. The molecule has 3 amide bonds. The fraction of sp³-hybridized carbons (Fsp3) is 0.586. The van der Waals surface area contributed by atoms with E-state index in [4.69, 9.17) is 0 Å². The zero-order chi connectivity index (χ0) is 28.5. The standard InChI is InChI=1S/C29H39FN4O4S/c1-6-7-21(18-8-10-19(11-9-18)23-17(2)31-16-39-23)32-25(36)22-14-20(35)15-34(22)26(37)24(28(3,4)5)33-27(38)29(30)12-13-29/h8-11,16,20-22,24,35H,6-7,12-15H2,1-5H3,(H,32,36)(H,33,38)/t20-,21+,22+,24-/m1/s1. The zero-order valence-electron chi connectivity index (χ0n) is 23.3. The first-order chi connectivity index (χ1) is 18.3. The average Bonchev–Trinajstić information content (AvgIpc) is 3.29. The smallest absolute Gasteiger partial charge is 0.258 e. The molecule has 0 radical (unpaired) electrons. The van der Waals surface area contributed by atoms with E-state index in [1.54, 1.807) is 32.1 Å². The number of benzene rings is 1. The molecule has 1 saturated heterocycles. The first-order valence-corrected chi connectivity index (χ1v) is 14.5. The van der Waals surface area contributed by atoms with E-state index < -0.39 is 41.1 Å². The highest BCUT2D eigenvalue weighted by atomic mass is 32.1. The van der Waals surface area contributed by atoms with Gasteiger partial charge in [0.05, 0.1) is 28.2 Å². The molecule has 2 aromatic rings. The molecule has 0 bridgehead atoms. The van der Waals surface area contributed by atoms with Crippen LogP contribution < -0.4 is 10.6 Å². The Hall–Kier alpha value is -2.85. The number of alkyl halides is 1. The molecule has 4 atom stereocenters. The van der Waals surface area contributed by atoms with E-state index in [1.807, 2.05) is 43.6 Å². The number of β-amino-alcohol motifs (C(OH)–C–C–N with tert-alkyl or cyclic N) is 1. The minimum absolute atomic E-state index is 0.0263. The van der Waals surface area contributed by atoms with Gasteiger partial charge in [-0.15, -0.1) is 11.3 Å². The first kappa shape index (κ1) is 29.1. The van der Waals surface area contributed by atoms with Crippen LogP contribution >= 0.6 is 11.3 Å². The minimum atomic E-state index is -1.92. The summed E-state index contributed by atoms with van der Waals surface area (Å²) >= 11 is 1.58. The van der Waals surface area contributed by atoms with Crippen molar-refractivity contribution in [3.63, 3.8) is 0 Å². The van der Waals surface area contributed by atoms with Crippen LogP contribution in [0.2, 0.25) is 0 Å². The van der Waals surface area contributed by atoms with Crippen molar-refractivity contribution in [3.05, 3.63) is 41.0 Å². The second-order valence-electron chi connectivity index (χ2n) is 11.9. The molecule has 8 nitrogen and oxygen atoms in total. The molecule has 1 aliphatic carbocycles. The normalized spacial score (nSPS) is 21.8. The number of aryl methyl sites for hydroxylation is 1. The van der Waals surface area contributed by atoms with Crippen molar-refractivity contribution in [2.45, 2.75) is 96.6 Å². The number of likely N-dealkylation sites (tertiary alicyclic amines) is 1. The van der Waals surface area contributed by atoms with Gasteiger partial charge in [-0.2, -0.15) is 0 Å². The minimum Gasteiger partial charge on any atom is -0.391 e. The number of amides is 3. The van der Waals surface area contributed by atoms with Crippen molar-refractivity contribution in [2.24, 2.45) is 5.41 Å². The van der Waals surface area contributed by atoms with Gasteiger partial charge in [0.1, 0.15) is 12.1 Å². The highest BCUT2D eigenvalue weighted by Crippen LogP contribution is 2.40. The van der Waals surface area contributed by atoms with Crippen molar-refractivity contribution < 1.29 is 23.9 Å². The summed E-state index contributed by atoms with van der Waals surface area (Å²) in [5.41, 5.74) is 2.15. The fourth-order valence-electron chi connectivity index (χ4n) is 5.04. The molecule has 2 aliphatic rings. The number of hydrogen-bond acceptors (Lipinski definition) is 6. The summed E-state index contributed by atoms with van der Waals surface area (Å²) in [6.45, 7) is 9.33. The van der Waals surface area contributed by atoms with Crippen LogP contribution in [0.1, 0.15) is 77.1 Å². The average molecular weight is 559 g/mol. The van der Waals surface area contributed by atoms with E-state index in [1.165, 1.54) is 4.90 Å². The van der Waals surface area contributed by atoms with Gasteiger partial charge in [-0.1, -0.05) is 58.4 Å². The van der Waals surface area contributed by atoms with E-state index in [9.17, 15) is 23.9 Å². The number of nitrogens with zero attached hydrogens (tertiary/aromatic N) is 2. The van der Waals surface area contributed by atoms with Gasteiger partial charge >= 0.3 is 0 Å². The van der Waals surface area contributed by atoms with Crippen LogP contribution in [-0.4, -0.2) is 63.1 Å². The van der Waals surface area contributed by atoms with Crippen LogP contribution in [0.3, 0.4) is 0 Å². The van der Waals surface area contributed by atoms with Crippen LogP contribution in [0.15, 0.2) is 29.8 Å².